The first-order chi connectivity index (χ1) is 14.1. The Balaban J connectivity index is 2.15. The first-order valence-corrected chi connectivity index (χ1v) is 10.8. The van der Waals surface area contributed by atoms with Gasteiger partial charge in [-0.15, -0.1) is 11.3 Å². The molecule has 2 amide bonds. The fourth-order valence-corrected chi connectivity index (χ4v) is 4.07. The van der Waals surface area contributed by atoms with E-state index >= 15 is 0 Å². The molecule has 0 fully saturated rings. The van der Waals surface area contributed by atoms with E-state index in [1.165, 1.54) is 24.8 Å². The van der Waals surface area contributed by atoms with Crippen molar-refractivity contribution in [3.05, 3.63) is 39.0 Å². The highest BCUT2D eigenvalue weighted by molar-refractivity contribution is 9.11. The van der Waals surface area contributed by atoms with E-state index in [0.29, 0.717) is 5.69 Å². The number of esters is 1. The Bertz CT molecular complexity index is 863. The largest absolute Gasteiger partial charge is 0.467 e. The number of ether oxygens (including phenoxy) is 2. The lowest BCUT2D eigenvalue weighted by molar-refractivity contribution is -0.145. The first kappa shape index (κ1) is 23.9. The van der Waals surface area contributed by atoms with E-state index in [2.05, 4.69) is 36.5 Å². The van der Waals surface area contributed by atoms with Crippen molar-refractivity contribution in [3.8, 4) is 0 Å². The molecule has 0 aliphatic rings. The van der Waals surface area contributed by atoms with Crippen molar-refractivity contribution in [3.63, 3.8) is 0 Å². The molecule has 0 saturated carbocycles. The molecule has 164 valence electrons. The third kappa shape index (κ3) is 7.79. The Morgan fingerprint density at radius 1 is 1.20 bits per heavy atom. The number of rotatable bonds is 8. The van der Waals surface area contributed by atoms with Crippen LogP contribution in [0.3, 0.4) is 0 Å². The number of hydrogen-bond acceptors (Lipinski definition) is 7. The number of nitrogens with one attached hydrogen (secondary N) is 3. The molecule has 11 heteroatoms. The molecule has 2 heterocycles. The van der Waals surface area contributed by atoms with Crippen LogP contribution in [-0.4, -0.2) is 52.7 Å². The molecule has 30 heavy (non-hydrogen) atoms. The quantitative estimate of drug-likeness (QED) is 0.478. The minimum Gasteiger partial charge on any atom is -0.467 e. The zero-order chi connectivity index (χ0) is 22.3. The summed E-state index contributed by atoms with van der Waals surface area (Å²) in [4.78, 5) is 45.1. The lowest BCUT2D eigenvalue weighted by Gasteiger charge is -2.24. The van der Waals surface area contributed by atoms with E-state index in [-0.39, 0.29) is 12.8 Å². The van der Waals surface area contributed by atoms with Gasteiger partial charge in [0.25, 0.3) is 0 Å². The number of nitrogens with zero attached hydrogens (tertiary/aromatic N) is 1. The van der Waals surface area contributed by atoms with Crippen molar-refractivity contribution >= 4 is 45.2 Å². The number of carbonyl (C=O) groups is 3. The number of hydrogen-bond donors (Lipinski definition) is 3. The molecule has 2 aromatic rings. The highest BCUT2D eigenvalue weighted by Gasteiger charge is 2.29. The number of halogens is 1. The van der Waals surface area contributed by atoms with Crippen LogP contribution in [0.15, 0.2) is 28.4 Å². The number of alkyl carbamates (subject to hydrolysis) is 1. The summed E-state index contributed by atoms with van der Waals surface area (Å²) in [5.41, 5.74) is -0.0591. The molecular formula is C19H25BrN4O5S. The summed E-state index contributed by atoms with van der Waals surface area (Å²) in [7, 11) is 1.24. The summed E-state index contributed by atoms with van der Waals surface area (Å²) in [5, 5.41) is 5.26. The predicted octanol–water partition coefficient (Wildman–Crippen LogP) is 2.57. The second-order valence-corrected chi connectivity index (χ2v) is 10.0. The SMILES string of the molecule is COC(=O)[C@H](Cc1cnc[nH]1)NC(=O)[C@H](Cc1ccc(Br)s1)NC(=O)OC(C)(C)C. The van der Waals surface area contributed by atoms with Crippen molar-refractivity contribution in [2.24, 2.45) is 0 Å². The van der Waals surface area contributed by atoms with E-state index in [1.54, 1.807) is 27.0 Å². The van der Waals surface area contributed by atoms with E-state index in [9.17, 15) is 14.4 Å². The van der Waals surface area contributed by atoms with E-state index in [4.69, 9.17) is 9.47 Å². The topological polar surface area (TPSA) is 122 Å². The molecule has 0 saturated heterocycles. The Kier molecular flexibility index (Phi) is 8.42. The number of methoxy groups -OCH3 is 1. The second kappa shape index (κ2) is 10.6. The summed E-state index contributed by atoms with van der Waals surface area (Å²) in [5.74, 6) is -1.13. The third-order valence-electron chi connectivity index (χ3n) is 3.82. The van der Waals surface area contributed by atoms with Crippen molar-refractivity contribution < 1.29 is 23.9 Å². The third-order valence-corrected chi connectivity index (χ3v) is 5.47. The summed E-state index contributed by atoms with van der Waals surface area (Å²) in [6, 6.07) is 1.83. The maximum atomic E-state index is 13.0. The maximum absolute atomic E-state index is 13.0. The van der Waals surface area contributed by atoms with Gasteiger partial charge in [0.05, 0.1) is 17.2 Å². The number of aromatic nitrogens is 2. The molecular weight excluding hydrogens is 476 g/mol. The molecule has 2 aromatic heterocycles. The van der Waals surface area contributed by atoms with Crippen molar-refractivity contribution in [2.45, 2.75) is 51.3 Å². The zero-order valence-electron chi connectivity index (χ0n) is 17.2. The van der Waals surface area contributed by atoms with Crippen LogP contribution in [0.1, 0.15) is 31.3 Å². The minimum absolute atomic E-state index is 0.169. The van der Waals surface area contributed by atoms with Gasteiger partial charge in [-0.2, -0.15) is 0 Å². The molecule has 0 aliphatic carbocycles. The molecule has 2 atom stereocenters. The standard InChI is InChI=1S/C19H25BrN4O5S/c1-19(2,3)29-18(27)24-13(8-12-5-6-15(20)30-12)16(25)23-14(17(26)28-4)7-11-9-21-10-22-11/h5-6,9-10,13-14H,7-8H2,1-4H3,(H,21,22)(H,23,25)(H,24,27)/t13-,14-/m0/s1. The van der Waals surface area contributed by atoms with Gasteiger partial charge in [-0.05, 0) is 48.8 Å². The van der Waals surface area contributed by atoms with Crippen LogP contribution in [0.25, 0.3) is 0 Å². The molecule has 0 bridgehead atoms. The van der Waals surface area contributed by atoms with Gasteiger partial charge in [-0.3, -0.25) is 4.79 Å². The zero-order valence-corrected chi connectivity index (χ0v) is 19.6. The number of aromatic amines is 1. The predicted molar refractivity (Wildman–Crippen MR) is 115 cm³/mol. The lowest BCUT2D eigenvalue weighted by Crippen LogP contribution is -2.53. The van der Waals surface area contributed by atoms with Crippen LogP contribution < -0.4 is 10.6 Å². The van der Waals surface area contributed by atoms with E-state index in [1.807, 2.05) is 12.1 Å². The van der Waals surface area contributed by atoms with E-state index in [0.717, 1.165) is 8.66 Å². The Morgan fingerprint density at radius 3 is 2.47 bits per heavy atom. The highest BCUT2D eigenvalue weighted by atomic mass is 79.9. The first-order valence-electron chi connectivity index (χ1n) is 9.16. The van der Waals surface area contributed by atoms with Gasteiger partial charge in [-0.1, -0.05) is 0 Å². The van der Waals surface area contributed by atoms with Gasteiger partial charge in [0, 0.05) is 29.6 Å². The molecule has 0 radical (unpaired) electrons. The molecule has 2 rings (SSSR count). The Hall–Kier alpha value is -2.40. The number of thiophene rings is 1. The van der Waals surface area contributed by atoms with Gasteiger partial charge in [-0.25, -0.2) is 14.6 Å². The highest BCUT2D eigenvalue weighted by Crippen LogP contribution is 2.23. The molecule has 0 aliphatic heterocycles. The average Bonchev–Trinajstić information content (AvgIpc) is 3.30. The number of H-pyrrole nitrogens is 1. The van der Waals surface area contributed by atoms with Crippen molar-refractivity contribution in [2.75, 3.05) is 7.11 Å². The number of carbonyl (C=O) groups excluding carboxylic acids is 3. The lowest BCUT2D eigenvalue weighted by atomic mass is 10.1. The number of imidazole rings is 1. The number of amides is 2. The fraction of sp³-hybridized carbons (Fsp3) is 0.474. The van der Waals surface area contributed by atoms with Crippen molar-refractivity contribution in [1.82, 2.24) is 20.6 Å². The normalized spacial score (nSPS) is 13.2. The van der Waals surface area contributed by atoms with Crippen LogP contribution in [0.5, 0.6) is 0 Å². The van der Waals surface area contributed by atoms with E-state index < -0.39 is 35.7 Å². The van der Waals surface area contributed by atoms with Crippen LogP contribution in [-0.2, 0) is 31.9 Å². The van der Waals surface area contributed by atoms with Crippen molar-refractivity contribution in [1.29, 1.82) is 0 Å². The van der Waals surface area contributed by atoms with Gasteiger partial charge in [0.15, 0.2) is 0 Å². The smallest absolute Gasteiger partial charge is 0.408 e. The monoisotopic (exact) mass is 500 g/mol. The summed E-state index contributed by atoms with van der Waals surface area (Å²) >= 11 is 4.83. The minimum atomic E-state index is -0.945. The van der Waals surface area contributed by atoms with Crippen LogP contribution in [0.2, 0.25) is 0 Å². The average molecular weight is 501 g/mol. The van der Waals surface area contributed by atoms with Crippen LogP contribution in [0, 0.1) is 0 Å². The Morgan fingerprint density at radius 2 is 1.93 bits per heavy atom. The molecule has 0 unspecified atom stereocenters. The Labute approximate surface area is 187 Å². The second-order valence-electron chi connectivity index (χ2n) is 7.47. The van der Waals surface area contributed by atoms with Gasteiger partial charge in [0.2, 0.25) is 5.91 Å². The van der Waals surface area contributed by atoms with Gasteiger partial charge < -0.3 is 25.1 Å². The summed E-state index contributed by atoms with van der Waals surface area (Å²) in [6.45, 7) is 5.20. The van der Waals surface area contributed by atoms with Crippen LogP contribution in [0.4, 0.5) is 4.79 Å². The molecule has 3 N–H and O–H groups in total. The maximum Gasteiger partial charge on any atom is 0.408 e. The fourth-order valence-electron chi connectivity index (χ4n) is 2.55. The summed E-state index contributed by atoms with van der Waals surface area (Å²) in [6.07, 6.45) is 2.72. The molecule has 0 aromatic carbocycles. The van der Waals surface area contributed by atoms with Crippen LogP contribution >= 0.6 is 27.3 Å². The molecule has 9 nitrogen and oxygen atoms in total. The summed E-state index contributed by atoms with van der Waals surface area (Å²) < 4.78 is 11.0. The van der Waals surface area contributed by atoms with Gasteiger partial charge >= 0.3 is 12.1 Å². The van der Waals surface area contributed by atoms with Gasteiger partial charge in [0.1, 0.15) is 17.7 Å². The molecule has 0 spiro atoms.